The van der Waals surface area contributed by atoms with E-state index in [0.717, 1.165) is 11.6 Å². The molecule has 0 spiro atoms. The van der Waals surface area contributed by atoms with E-state index in [0.29, 0.717) is 36.5 Å². The highest BCUT2D eigenvalue weighted by atomic mass is 19.4. The van der Waals surface area contributed by atoms with Gasteiger partial charge in [-0.2, -0.15) is 18.3 Å². The number of aromatic amines is 1. The van der Waals surface area contributed by atoms with Gasteiger partial charge in [-0.1, -0.05) is 29.8 Å². The fourth-order valence-corrected chi connectivity index (χ4v) is 4.06. The highest BCUT2D eigenvalue weighted by Gasteiger charge is 2.36. The van der Waals surface area contributed by atoms with Gasteiger partial charge in [0, 0.05) is 38.7 Å². The van der Waals surface area contributed by atoms with Gasteiger partial charge >= 0.3 is 6.18 Å². The highest BCUT2D eigenvalue weighted by Crippen LogP contribution is 2.38. The van der Waals surface area contributed by atoms with E-state index in [2.05, 4.69) is 49.7 Å². The number of alkyl halides is 3. The van der Waals surface area contributed by atoms with Crippen LogP contribution in [0, 0.1) is 6.92 Å². The smallest absolute Gasteiger partial charge is 0.353 e. The molecule has 32 heavy (non-hydrogen) atoms. The summed E-state index contributed by atoms with van der Waals surface area (Å²) in [5, 5.41) is 10.7. The van der Waals surface area contributed by atoms with Crippen LogP contribution in [-0.4, -0.2) is 39.8 Å². The van der Waals surface area contributed by atoms with Gasteiger partial charge in [0.15, 0.2) is 5.65 Å². The molecule has 1 aliphatic heterocycles. The zero-order valence-corrected chi connectivity index (χ0v) is 17.3. The van der Waals surface area contributed by atoms with Gasteiger partial charge in [0.05, 0.1) is 11.3 Å². The van der Waals surface area contributed by atoms with Crippen molar-refractivity contribution in [3.8, 4) is 11.4 Å². The molecule has 1 unspecified atom stereocenters. The van der Waals surface area contributed by atoms with E-state index in [1.165, 1.54) is 11.6 Å². The lowest BCUT2D eigenvalue weighted by atomic mass is 10.0. The van der Waals surface area contributed by atoms with Crippen molar-refractivity contribution in [1.29, 1.82) is 0 Å². The van der Waals surface area contributed by atoms with Gasteiger partial charge < -0.3 is 10.2 Å². The lowest BCUT2D eigenvalue weighted by Gasteiger charge is -2.35. The summed E-state index contributed by atoms with van der Waals surface area (Å²) in [6.45, 7) is 3.98. The molecule has 1 aliphatic rings. The van der Waals surface area contributed by atoms with Crippen LogP contribution < -0.4 is 10.2 Å². The Morgan fingerprint density at radius 3 is 2.69 bits per heavy atom. The van der Waals surface area contributed by atoms with E-state index in [1.807, 2.05) is 11.8 Å². The Kier molecular flexibility index (Phi) is 5.05. The number of piperazine rings is 1. The molecule has 1 aromatic carbocycles. The summed E-state index contributed by atoms with van der Waals surface area (Å²) in [7, 11) is 0. The van der Waals surface area contributed by atoms with Gasteiger partial charge in [-0.15, -0.1) is 0 Å². The summed E-state index contributed by atoms with van der Waals surface area (Å²) in [4.78, 5) is 10.6. The van der Waals surface area contributed by atoms with Crippen molar-refractivity contribution in [3.63, 3.8) is 0 Å². The Morgan fingerprint density at radius 2 is 1.91 bits per heavy atom. The van der Waals surface area contributed by atoms with Gasteiger partial charge in [0.25, 0.3) is 0 Å². The number of rotatable bonds is 3. The Balaban J connectivity index is 0.00000259. The van der Waals surface area contributed by atoms with E-state index in [4.69, 9.17) is 0 Å². The number of benzene rings is 1. The van der Waals surface area contributed by atoms with E-state index in [1.54, 1.807) is 18.3 Å². The molecule has 3 aromatic heterocycles. The topological polar surface area (TPSA) is 69.7 Å². The zero-order chi connectivity index (χ0) is 22.3. The number of fused-ring (bicyclic) bond motifs is 1. The standard InChI is InChI=1S/C23H21F3N6.H2/c1-14-4-6-15(7-5-14)18-13-32(12-11-27-18)19-9-8-17(23(24,25)26)21(29-19)20-16-3-2-10-28-22(16)31-30-20;/h2-10,18,27H,11-13H2,1H3,(H,28,30,31);1H. The van der Waals surface area contributed by atoms with Crippen LogP contribution in [0.2, 0.25) is 0 Å². The molecule has 5 rings (SSSR count). The molecule has 1 atom stereocenters. The maximum Gasteiger partial charge on any atom is 0.418 e. The SMILES string of the molecule is Cc1ccc(C2CN(c3ccc(C(F)(F)F)c(-c4[nH]nc5ncccc45)n3)CCN2)cc1.[HH]. The van der Waals surface area contributed by atoms with Crippen molar-refractivity contribution in [1.82, 2.24) is 25.5 Å². The number of nitrogens with one attached hydrogen (secondary N) is 2. The van der Waals surface area contributed by atoms with Crippen molar-refractivity contribution < 1.29 is 14.6 Å². The second kappa shape index (κ2) is 7.90. The first kappa shape index (κ1) is 20.4. The monoisotopic (exact) mass is 440 g/mol. The minimum absolute atomic E-state index is 0. The van der Waals surface area contributed by atoms with Crippen LogP contribution in [0.25, 0.3) is 22.4 Å². The molecule has 1 saturated heterocycles. The average molecular weight is 440 g/mol. The van der Waals surface area contributed by atoms with Crippen molar-refractivity contribution in [2.75, 3.05) is 24.5 Å². The molecular weight excluding hydrogens is 417 g/mol. The number of H-pyrrole nitrogens is 1. The summed E-state index contributed by atoms with van der Waals surface area (Å²) < 4.78 is 41.5. The second-order valence-corrected chi connectivity index (χ2v) is 7.90. The van der Waals surface area contributed by atoms with Crippen molar-refractivity contribution in [2.45, 2.75) is 19.1 Å². The van der Waals surface area contributed by atoms with E-state index in [-0.39, 0.29) is 18.9 Å². The van der Waals surface area contributed by atoms with Gasteiger partial charge in [0.1, 0.15) is 11.5 Å². The first-order valence-corrected chi connectivity index (χ1v) is 10.3. The summed E-state index contributed by atoms with van der Waals surface area (Å²) in [6.07, 6.45) is -3.00. The summed E-state index contributed by atoms with van der Waals surface area (Å²) in [5.74, 6) is 0.498. The quantitative estimate of drug-likeness (QED) is 0.481. The minimum atomic E-state index is -4.55. The minimum Gasteiger partial charge on any atom is -0.353 e. The molecule has 4 heterocycles. The molecule has 4 aromatic rings. The van der Waals surface area contributed by atoms with E-state index < -0.39 is 11.7 Å². The first-order valence-electron chi connectivity index (χ1n) is 10.3. The fraction of sp³-hybridized carbons (Fsp3) is 0.261. The number of nitrogens with zero attached hydrogens (tertiary/aromatic N) is 4. The average Bonchev–Trinajstić information content (AvgIpc) is 3.23. The number of aryl methyl sites for hydroxylation is 1. The van der Waals surface area contributed by atoms with Gasteiger partial charge in [-0.25, -0.2) is 9.97 Å². The molecule has 0 radical (unpaired) electrons. The highest BCUT2D eigenvalue weighted by molar-refractivity contribution is 5.90. The Hall–Kier alpha value is -3.46. The normalized spacial score (nSPS) is 17.1. The molecule has 6 nitrogen and oxygen atoms in total. The van der Waals surface area contributed by atoms with Crippen LogP contribution in [0.15, 0.2) is 54.7 Å². The molecule has 166 valence electrons. The second-order valence-electron chi connectivity index (χ2n) is 7.90. The largest absolute Gasteiger partial charge is 0.418 e. The van der Waals surface area contributed by atoms with Crippen LogP contribution in [0.5, 0.6) is 0 Å². The molecule has 9 heteroatoms. The molecule has 0 aliphatic carbocycles. The summed E-state index contributed by atoms with van der Waals surface area (Å²) in [6, 6.07) is 14.2. The van der Waals surface area contributed by atoms with Crippen LogP contribution in [0.1, 0.15) is 24.2 Å². The van der Waals surface area contributed by atoms with E-state index >= 15 is 0 Å². The third-order valence-electron chi connectivity index (χ3n) is 5.73. The van der Waals surface area contributed by atoms with Crippen molar-refractivity contribution in [3.05, 3.63) is 71.4 Å². The third-order valence-corrected chi connectivity index (χ3v) is 5.73. The Bertz CT molecular complexity index is 1260. The van der Waals surface area contributed by atoms with Crippen LogP contribution in [0.3, 0.4) is 0 Å². The molecule has 2 N–H and O–H groups in total. The molecular formula is C23H23F3N6. The number of pyridine rings is 2. The first-order chi connectivity index (χ1) is 15.4. The molecule has 0 amide bonds. The number of halogens is 3. The lowest BCUT2D eigenvalue weighted by Crippen LogP contribution is -2.46. The van der Waals surface area contributed by atoms with E-state index in [9.17, 15) is 13.2 Å². The van der Waals surface area contributed by atoms with Crippen LogP contribution >= 0.6 is 0 Å². The lowest BCUT2D eigenvalue weighted by molar-refractivity contribution is -0.137. The maximum absolute atomic E-state index is 13.8. The number of hydrogen-bond acceptors (Lipinski definition) is 5. The predicted octanol–water partition coefficient (Wildman–Crippen LogP) is 4.74. The molecule has 0 saturated carbocycles. The fourth-order valence-electron chi connectivity index (χ4n) is 4.06. The third kappa shape index (κ3) is 3.80. The van der Waals surface area contributed by atoms with Crippen LogP contribution in [-0.2, 0) is 6.18 Å². The zero-order valence-electron chi connectivity index (χ0n) is 17.3. The predicted molar refractivity (Wildman–Crippen MR) is 118 cm³/mol. The molecule has 1 fully saturated rings. The van der Waals surface area contributed by atoms with Crippen molar-refractivity contribution in [2.24, 2.45) is 0 Å². The van der Waals surface area contributed by atoms with Gasteiger partial charge in [-0.3, -0.25) is 5.10 Å². The number of hydrogen-bond donors (Lipinski definition) is 2. The van der Waals surface area contributed by atoms with Crippen molar-refractivity contribution >= 4 is 16.9 Å². The maximum atomic E-state index is 13.8. The molecule has 0 bridgehead atoms. The van der Waals surface area contributed by atoms with Gasteiger partial charge in [0.2, 0.25) is 0 Å². The Morgan fingerprint density at radius 1 is 1.09 bits per heavy atom. The Labute approximate surface area is 184 Å². The summed E-state index contributed by atoms with van der Waals surface area (Å²) >= 11 is 0. The summed E-state index contributed by atoms with van der Waals surface area (Å²) in [5.41, 5.74) is 1.91. The van der Waals surface area contributed by atoms with Crippen LogP contribution in [0.4, 0.5) is 19.0 Å². The number of anilines is 1. The van der Waals surface area contributed by atoms with Gasteiger partial charge in [-0.05, 0) is 36.8 Å². The number of aromatic nitrogens is 4.